The fraction of sp³-hybridized carbons (Fsp3) is 0.810. The molecule has 174 valence electrons. The van der Waals surface area contributed by atoms with E-state index in [1.54, 1.807) is 9.80 Å². The molecular formula is C21H36N6O4. The third kappa shape index (κ3) is 5.11. The second-order valence-corrected chi connectivity index (χ2v) is 9.12. The van der Waals surface area contributed by atoms with Crippen molar-refractivity contribution in [1.29, 1.82) is 0 Å². The van der Waals surface area contributed by atoms with Gasteiger partial charge in [0.05, 0.1) is 5.92 Å². The molecule has 3 aliphatic rings. The number of urea groups is 1. The van der Waals surface area contributed by atoms with Crippen LogP contribution in [0.2, 0.25) is 0 Å². The lowest BCUT2D eigenvalue weighted by Crippen LogP contribution is -2.66. The number of hydrogen-bond acceptors (Lipinski definition) is 5. The van der Waals surface area contributed by atoms with Gasteiger partial charge in [0.25, 0.3) is 0 Å². The zero-order chi connectivity index (χ0) is 22.7. The van der Waals surface area contributed by atoms with E-state index in [0.29, 0.717) is 0 Å². The van der Waals surface area contributed by atoms with Crippen molar-refractivity contribution in [2.75, 3.05) is 13.1 Å². The van der Waals surface area contributed by atoms with Crippen LogP contribution in [0, 0.1) is 5.92 Å². The molecule has 3 fully saturated rings. The van der Waals surface area contributed by atoms with Crippen LogP contribution in [-0.2, 0) is 14.4 Å². The van der Waals surface area contributed by atoms with Gasteiger partial charge < -0.3 is 15.5 Å². The molecule has 0 radical (unpaired) electrons. The minimum atomic E-state index is -0.664. The zero-order valence-electron chi connectivity index (χ0n) is 19.0. The average molecular weight is 437 g/mol. The van der Waals surface area contributed by atoms with Gasteiger partial charge in [-0.3, -0.25) is 19.3 Å². The van der Waals surface area contributed by atoms with Crippen molar-refractivity contribution in [3.05, 3.63) is 0 Å². The number of rotatable bonds is 8. The highest BCUT2D eigenvalue weighted by atomic mass is 16.2. The molecule has 0 bridgehead atoms. The van der Waals surface area contributed by atoms with Crippen molar-refractivity contribution < 1.29 is 19.2 Å². The number of carbonyl (C=O) groups excluding carboxylic acids is 4. The second-order valence-electron chi connectivity index (χ2n) is 9.12. The van der Waals surface area contributed by atoms with Gasteiger partial charge in [0.15, 0.2) is 6.29 Å². The minimum absolute atomic E-state index is 0.0175. The van der Waals surface area contributed by atoms with Crippen molar-refractivity contribution >= 4 is 23.8 Å². The minimum Gasteiger partial charge on any atom is -0.354 e. The quantitative estimate of drug-likeness (QED) is 0.519. The molecule has 3 rings (SSSR count). The highest BCUT2D eigenvalue weighted by Crippen LogP contribution is 2.38. The standard InChI is InChI=1S/C21H36N6O4/c1-5-14(4)23-17(28)10-11-25-19(30)15-8-6-7-9-16(15)27-20(25)24-26(21(27)31)12-18(29)22-13(2)3/h13-16,20,24H,5-12H2,1-4H3,(H,22,29)(H,23,28). The molecule has 4 unspecified atom stereocenters. The summed E-state index contributed by atoms with van der Waals surface area (Å²) < 4.78 is 0. The van der Waals surface area contributed by atoms with Crippen molar-refractivity contribution in [1.82, 2.24) is 30.9 Å². The van der Waals surface area contributed by atoms with Crippen LogP contribution in [0.3, 0.4) is 0 Å². The van der Waals surface area contributed by atoms with Crippen LogP contribution >= 0.6 is 0 Å². The summed E-state index contributed by atoms with van der Waals surface area (Å²) in [6.07, 6.45) is 3.77. The van der Waals surface area contributed by atoms with E-state index in [2.05, 4.69) is 16.1 Å². The van der Waals surface area contributed by atoms with Gasteiger partial charge >= 0.3 is 6.03 Å². The first-order chi connectivity index (χ1) is 14.7. The lowest BCUT2D eigenvalue weighted by atomic mass is 9.81. The fourth-order valence-corrected chi connectivity index (χ4v) is 4.64. The maximum absolute atomic E-state index is 13.3. The number of hydrogen-bond donors (Lipinski definition) is 3. The Hall–Kier alpha value is -2.36. The van der Waals surface area contributed by atoms with Crippen LogP contribution in [0.5, 0.6) is 0 Å². The Morgan fingerprint density at radius 1 is 1.10 bits per heavy atom. The molecule has 2 heterocycles. The molecule has 2 aliphatic heterocycles. The number of nitrogens with one attached hydrogen (secondary N) is 3. The lowest BCUT2D eigenvalue weighted by Gasteiger charge is -2.48. The predicted molar refractivity (Wildman–Crippen MR) is 114 cm³/mol. The van der Waals surface area contributed by atoms with Crippen LogP contribution in [-0.4, -0.2) is 76.1 Å². The van der Waals surface area contributed by atoms with E-state index < -0.39 is 6.29 Å². The number of nitrogens with zero attached hydrogens (tertiary/aromatic N) is 3. The number of fused-ring (bicyclic) bond motifs is 3. The molecule has 3 N–H and O–H groups in total. The predicted octanol–water partition coefficient (Wildman–Crippen LogP) is 0.743. The van der Waals surface area contributed by atoms with Crippen molar-refractivity contribution in [2.45, 2.75) is 90.6 Å². The highest BCUT2D eigenvalue weighted by molar-refractivity contribution is 5.88. The molecule has 0 aromatic heterocycles. The third-order valence-electron chi connectivity index (χ3n) is 6.32. The van der Waals surface area contributed by atoms with Crippen LogP contribution in [0.4, 0.5) is 4.79 Å². The highest BCUT2D eigenvalue weighted by Gasteiger charge is 2.54. The van der Waals surface area contributed by atoms with Gasteiger partial charge in [0.1, 0.15) is 6.54 Å². The van der Waals surface area contributed by atoms with Crippen LogP contribution in [0.25, 0.3) is 0 Å². The molecule has 0 aromatic rings. The summed E-state index contributed by atoms with van der Waals surface area (Å²) in [4.78, 5) is 54.3. The normalized spacial score (nSPS) is 26.6. The summed E-state index contributed by atoms with van der Waals surface area (Å²) in [5, 5.41) is 7.00. The molecular weight excluding hydrogens is 400 g/mol. The summed E-state index contributed by atoms with van der Waals surface area (Å²) in [5.41, 5.74) is 3.06. The first kappa shape index (κ1) is 23.3. The Kier molecular flexibility index (Phi) is 7.40. The third-order valence-corrected chi connectivity index (χ3v) is 6.32. The van der Waals surface area contributed by atoms with Gasteiger partial charge in [-0.05, 0) is 40.0 Å². The molecule has 4 atom stereocenters. The van der Waals surface area contributed by atoms with E-state index in [1.807, 2.05) is 27.7 Å². The van der Waals surface area contributed by atoms with Gasteiger partial charge in [-0.25, -0.2) is 9.80 Å². The van der Waals surface area contributed by atoms with E-state index in [9.17, 15) is 19.2 Å². The maximum atomic E-state index is 13.3. The SMILES string of the molecule is CCC(C)NC(=O)CCN1C(=O)C2CCCCC2N2C(=O)N(CC(=O)NC(C)C)NC12. The topological polar surface area (TPSA) is 114 Å². The van der Waals surface area contributed by atoms with Gasteiger partial charge in [0.2, 0.25) is 17.7 Å². The molecule has 1 aliphatic carbocycles. The van der Waals surface area contributed by atoms with E-state index in [1.165, 1.54) is 5.01 Å². The molecule has 0 spiro atoms. The summed E-state index contributed by atoms with van der Waals surface area (Å²) >= 11 is 0. The monoisotopic (exact) mass is 436 g/mol. The van der Waals surface area contributed by atoms with Crippen LogP contribution in [0.1, 0.15) is 66.2 Å². The molecule has 5 amide bonds. The van der Waals surface area contributed by atoms with Gasteiger partial charge in [-0.2, -0.15) is 5.43 Å². The summed E-state index contributed by atoms with van der Waals surface area (Å²) in [6, 6.07) is -0.417. The Morgan fingerprint density at radius 3 is 2.48 bits per heavy atom. The molecule has 10 heteroatoms. The molecule has 0 aromatic carbocycles. The van der Waals surface area contributed by atoms with Gasteiger partial charge in [-0.15, -0.1) is 0 Å². The average Bonchev–Trinajstić information content (AvgIpc) is 3.03. The van der Waals surface area contributed by atoms with E-state index in [-0.39, 0.29) is 67.3 Å². The van der Waals surface area contributed by atoms with Crippen molar-refractivity contribution in [2.24, 2.45) is 5.92 Å². The summed E-state index contributed by atoms with van der Waals surface area (Å²) in [7, 11) is 0. The van der Waals surface area contributed by atoms with Crippen molar-refractivity contribution in [3.63, 3.8) is 0 Å². The lowest BCUT2D eigenvalue weighted by molar-refractivity contribution is -0.156. The Balaban J connectivity index is 1.75. The fourth-order valence-electron chi connectivity index (χ4n) is 4.64. The molecule has 10 nitrogen and oxygen atoms in total. The van der Waals surface area contributed by atoms with Gasteiger partial charge in [0, 0.05) is 31.1 Å². The molecule has 31 heavy (non-hydrogen) atoms. The largest absolute Gasteiger partial charge is 0.354 e. The number of amides is 5. The first-order valence-corrected chi connectivity index (χ1v) is 11.5. The van der Waals surface area contributed by atoms with E-state index >= 15 is 0 Å². The Labute approximate surface area is 184 Å². The summed E-state index contributed by atoms with van der Waals surface area (Å²) in [5.74, 6) is -0.646. The van der Waals surface area contributed by atoms with Crippen molar-refractivity contribution in [3.8, 4) is 0 Å². The maximum Gasteiger partial charge on any atom is 0.337 e. The van der Waals surface area contributed by atoms with Crippen LogP contribution < -0.4 is 16.1 Å². The number of carbonyl (C=O) groups is 4. The summed E-state index contributed by atoms with van der Waals surface area (Å²) in [6.45, 7) is 7.75. The van der Waals surface area contributed by atoms with E-state index in [0.717, 1.165) is 32.1 Å². The number of hydrazine groups is 1. The van der Waals surface area contributed by atoms with Gasteiger partial charge in [-0.1, -0.05) is 19.8 Å². The molecule has 1 saturated carbocycles. The second kappa shape index (κ2) is 9.84. The first-order valence-electron chi connectivity index (χ1n) is 11.5. The zero-order valence-corrected chi connectivity index (χ0v) is 19.0. The Morgan fingerprint density at radius 2 is 1.81 bits per heavy atom. The molecule has 2 saturated heterocycles. The van der Waals surface area contributed by atoms with Crippen LogP contribution in [0.15, 0.2) is 0 Å². The smallest absolute Gasteiger partial charge is 0.337 e. The van der Waals surface area contributed by atoms with E-state index in [4.69, 9.17) is 0 Å². The Bertz CT molecular complexity index is 714.